The Kier molecular flexibility index (Phi) is 5.16. The molecule has 2 rings (SSSR count). The number of hydrogen-bond acceptors (Lipinski definition) is 3. The Labute approximate surface area is 123 Å². The highest BCUT2D eigenvalue weighted by molar-refractivity contribution is 5.75. The van der Waals surface area contributed by atoms with Crippen molar-refractivity contribution in [3.05, 3.63) is 35.9 Å². The number of amides is 2. The van der Waals surface area contributed by atoms with Crippen molar-refractivity contribution in [2.75, 3.05) is 19.6 Å². The molecule has 114 valence electrons. The lowest BCUT2D eigenvalue weighted by Gasteiger charge is -2.37. The molecule has 1 aromatic carbocycles. The third-order valence-electron chi connectivity index (χ3n) is 3.33. The lowest BCUT2D eigenvalue weighted by atomic mass is 10.1. The van der Waals surface area contributed by atoms with E-state index in [4.69, 9.17) is 9.84 Å². The number of carbonyl (C=O) groups is 2. The summed E-state index contributed by atoms with van der Waals surface area (Å²) in [5.41, 5.74) is 1.03. The molecule has 21 heavy (non-hydrogen) atoms. The molecule has 1 aromatic rings. The molecule has 0 aromatic heterocycles. The van der Waals surface area contributed by atoms with Gasteiger partial charge >= 0.3 is 12.0 Å². The number of morpholine rings is 1. The van der Waals surface area contributed by atoms with Gasteiger partial charge in [-0.15, -0.1) is 0 Å². The van der Waals surface area contributed by atoms with E-state index in [0.717, 1.165) is 5.56 Å². The van der Waals surface area contributed by atoms with Crippen molar-refractivity contribution < 1.29 is 19.4 Å². The molecule has 6 heteroatoms. The van der Waals surface area contributed by atoms with E-state index >= 15 is 0 Å². The number of hydrogen-bond donors (Lipinski definition) is 2. The minimum absolute atomic E-state index is 0.0609. The number of ether oxygens (including phenoxy) is 1. The topological polar surface area (TPSA) is 78.9 Å². The monoisotopic (exact) mass is 292 g/mol. The van der Waals surface area contributed by atoms with Gasteiger partial charge in [0.1, 0.15) is 6.10 Å². The highest BCUT2D eigenvalue weighted by Crippen LogP contribution is 2.24. The van der Waals surface area contributed by atoms with Gasteiger partial charge in [-0.3, -0.25) is 4.79 Å². The predicted molar refractivity (Wildman–Crippen MR) is 77.0 cm³/mol. The summed E-state index contributed by atoms with van der Waals surface area (Å²) < 4.78 is 5.88. The first-order valence-electron chi connectivity index (χ1n) is 7.01. The van der Waals surface area contributed by atoms with Crippen molar-refractivity contribution >= 4 is 12.0 Å². The summed E-state index contributed by atoms with van der Waals surface area (Å²) in [4.78, 5) is 24.2. The molecule has 1 aliphatic rings. The highest BCUT2D eigenvalue weighted by Gasteiger charge is 2.29. The van der Waals surface area contributed by atoms with Gasteiger partial charge in [0, 0.05) is 13.1 Å². The van der Waals surface area contributed by atoms with Gasteiger partial charge in [0.2, 0.25) is 0 Å². The van der Waals surface area contributed by atoms with Crippen LogP contribution >= 0.6 is 0 Å². The molecule has 1 heterocycles. The Morgan fingerprint density at radius 1 is 1.33 bits per heavy atom. The van der Waals surface area contributed by atoms with Gasteiger partial charge in [-0.05, 0) is 12.5 Å². The molecule has 6 nitrogen and oxygen atoms in total. The molecule has 2 amide bonds. The van der Waals surface area contributed by atoms with Crippen LogP contribution in [0.5, 0.6) is 0 Å². The highest BCUT2D eigenvalue weighted by atomic mass is 16.5. The molecule has 0 saturated carbocycles. The molecule has 0 bridgehead atoms. The molecule has 1 fully saturated rings. The first-order chi connectivity index (χ1) is 10.1. The lowest BCUT2D eigenvalue weighted by molar-refractivity contribution is -0.136. The maximum absolute atomic E-state index is 12.1. The van der Waals surface area contributed by atoms with Gasteiger partial charge < -0.3 is 20.1 Å². The van der Waals surface area contributed by atoms with E-state index in [2.05, 4.69) is 5.32 Å². The van der Waals surface area contributed by atoms with Gasteiger partial charge in [-0.2, -0.15) is 0 Å². The summed E-state index contributed by atoms with van der Waals surface area (Å²) in [5, 5.41) is 11.2. The first kappa shape index (κ1) is 15.3. The van der Waals surface area contributed by atoms with Gasteiger partial charge in [0.25, 0.3) is 0 Å². The van der Waals surface area contributed by atoms with E-state index in [0.29, 0.717) is 13.1 Å². The van der Waals surface area contributed by atoms with Crippen LogP contribution in [0.2, 0.25) is 0 Å². The number of nitrogens with one attached hydrogen (secondary N) is 1. The zero-order chi connectivity index (χ0) is 15.2. The zero-order valence-electron chi connectivity index (χ0n) is 12.0. The van der Waals surface area contributed by atoms with E-state index in [-0.39, 0.29) is 31.2 Å². The van der Waals surface area contributed by atoms with E-state index in [1.165, 1.54) is 0 Å². The Morgan fingerprint density at radius 2 is 2.05 bits per heavy atom. The van der Waals surface area contributed by atoms with Gasteiger partial charge in [-0.1, -0.05) is 30.3 Å². The van der Waals surface area contributed by atoms with Crippen LogP contribution in [0.4, 0.5) is 4.79 Å². The number of nitrogens with zero attached hydrogens (tertiary/aromatic N) is 1. The molecular formula is C15H20N2O4. The van der Waals surface area contributed by atoms with Crippen molar-refractivity contribution in [3.63, 3.8) is 0 Å². The number of rotatable bonds is 4. The number of carbonyl (C=O) groups excluding carboxylic acids is 1. The van der Waals surface area contributed by atoms with Crippen molar-refractivity contribution in [1.29, 1.82) is 0 Å². The Morgan fingerprint density at radius 3 is 2.71 bits per heavy atom. The fourth-order valence-corrected chi connectivity index (χ4v) is 2.36. The first-order valence-corrected chi connectivity index (χ1v) is 7.01. The maximum Gasteiger partial charge on any atom is 0.317 e. The molecule has 2 atom stereocenters. The molecule has 1 aliphatic heterocycles. The summed E-state index contributed by atoms with van der Waals surface area (Å²) in [7, 11) is 0. The van der Waals surface area contributed by atoms with Crippen LogP contribution in [0, 0.1) is 0 Å². The average molecular weight is 292 g/mol. The molecular weight excluding hydrogens is 272 g/mol. The minimum atomic E-state index is -0.923. The second-order valence-electron chi connectivity index (χ2n) is 5.13. The summed E-state index contributed by atoms with van der Waals surface area (Å²) >= 11 is 0. The molecule has 1 saturated heterocycles. The van der Waals surface area contributed by atoms with Crippen molar-refractivity contribution in [1.82, 2.24) is 10.2 Å². The summed E-state index contributed by atoms with van der Waals surface area (Å²) in [5.74, 6) is -0.923. The van der Waals surface area contributed by atoms with Gasteiger partial charge in [-0.25, -0.2) is 4.79 Å². The van der Waals surface area contributed by atoms with E-state index in [1.54, 1.807) is 4.90 Å². The maximum atomic E-state index is 12.1. The minimum Gasteiger partial charge on any atom is -0.481 e. The van der Waals surface area contributed by atoms with Crippen LogP contribution in [0.3, 0.4) is 0 Å². The van der Waals surface area contributed by atoms with Crippen molar-refractivity contribution in [2.45, 2.75) is 25.6 Å². The van der Waals surface area contributed by atoms with Crippen LogP contribution < -0.4 is 5.32 Å². The third kappa shape index (κ3) is 4.46. The van der Waals surface area contributed by atoms with E-state index in [1.807, 2.05) is 37.3 Å². The zero-order valence-corrected chi connectivity index (χ0v) is 12.0. The Bertz CT molecular complexity index is 492. The fraction of sp³-hybridized carbons (Fsp3) is 0.467. The van der Waals surface area contributed by atoms with Crippen LogP contribution in [-0.2, 0) is 9.53 Å². The van der Waals surface area contributed by atoms with Crippen molar-refractivity contribution in [3.8, 4) is 0 Å². The van der Waals surface area contributed by atoms with Crippen molar-refractivity contribution in [2.24, 2.45) is 0 Å². The number of aliphatic carboxylic acids is 1. The number of carboxylic acid groups (broad SMARTS) is 1. The molecule has 2 N–H and O–H groups in total. The number of urea groups is 1. The number of benzene rings is 1. The number of carboxylic acids is 1. The molecule has 0 aliphatic carbocycles. The SMILES string of the molecule is CC1CN(C(=O)NCCC(=O)O)CC(c2ccccc2)O1. The van der Waals surface area contributed by atoms with Crippen LogP contribution in [0.25, 0.3) is 0 Å². The normalized spacial score (nSPS) is 21.9. The van der Waals surface area contributed by atoms with Crippen LogP contribution in [0.15, 0.2) is 30.3 Å². The second kappa shape index (κ2) is 7.08. The Hall–Kier alpha value is -2.08. The van der Waals surface area contributed by atoms with Crippen LogP contribution in [0.1, 0.15) is 25.0 Å². The fourth-order valence-electron chi connectivity index (χ4n) is 2.36. The third-order valence-corrected chi connectivity index (χ3v) is 3.33. The Balaban J connectivity index is 1.94. The second-order valence-corrected chi connectivity index (χ2v) is 5.13. The molecule has 0 spiro atoms. The van der Waals surface area contributed by atoms with E-state index in [9.17, 15) is 9.59 Å². The van der Waals surface area contributed by atoms with Gasteiger partial charge in [0.15, 0.2) is 0 Å². The largest absolute Gasteiger partial charge is 0.481 e. The van der Waals surface area contributed by atoms with Gasteiger partial charge in [0.05, 0.1) is 19.1 Å². The van der Waals surface area contributed by atoms with Crippen LogP contribution in [-0.4, -0.2) is 47.7 Å². The molecule has 0 radical (unpaired) electrons. The summed E-state index contributed by atoms with van der Waals surface area (Å²) in [6.07, 6.45) is -0.289. The smallest absolute Gasteiger partial charge is 0.317 e. The van der Waals surface area contributed by atoms with E-state index < -0.39 is 5.97 Å². The summed E-state index contributed by atoms with van der Waals surface area (Å²) in [6, 6.07) is 9.52. The average Bonchev–Trinajstić information content (AvgIpc) is 2.47. The predicted octanol–water partition coefficient (Wildman–Crippen LogP) is 1.63. The summed E-state index contributed by atoms with van der Waals surface area (Å²) in [6.45, 7) is 3.03. The quantitative estimate of drug-likeness (QED) is 0.884. The lowest BCUT2D eigenvalue weighted by Crippen LogP contribution is -2.50. The standard InChI is InChI=1S/C15H20N2O4/c1-11-9-17(15(20)16-8-7-14(18)19)10-13(21-11)12-5-3-2-4-6-12/h2-6,11,13H,7-10H2,1H3,(H,16,20)(H,18,19). The molecule has 2 unspecified atom stereocenters.